The van der Waals surface area contributed by atoms with Crippen LogP contribution < -0.4 is 5.32 Å². The van der Waals surface area contributed by atoms with Crippen molar-refractivity contribution in [2.24, 2.45) is 5.92 Å². The Labute approximate surface area is 203 Å². The molecule has 6 heteroatoms. The number of rotatable bonds is 5. The summed E-state index contributed by atoms with van der Waals surface area (Å²) < 4.78 is 3.45. The maximum absolute atomic E-state index is 10.8. The zero-order valence-electron chi connectivity index (χ0n) is 18.7. The summed E-state index contributed by atoms with van der Waals surface area (Å²) in [6.07, 6.45) is 6.83. The number of halogens is 2. The lowest BCUT2D eigenvalue weighted by atomic mass is 9.90. The average Bonchev–Trinajstić information content (AvgIpc) is 3.33. The van der Waals surface area contributed by atoms with Crippen molar-refractivity contribution in [3.8, 4) is 0 Å². The van der Waals surface area contributed by atoms with Crippen molar-refractivity contribution < 1.29 is 5.11 Å². The molecular weight excluding hydrogens is 486 g/mol. The standard InChI is InChI=1S/C26H31BrClN3O/c1-26(2,32)25-30-23-14-20(28)5-10-24(23)31(25)22-8-6-21(7-9-22)29-15-16-11-17-3-4-19(27)13-18(17)12-16/h3-5,10,13-14,16,21-22,29,32H,6-9,11-12,15H2,1-2H3/t16-,21-,22+/m1/s1. The van der Waals surface area contributed by atoms with Gasteiger partial charge in [-0.3, -0.25) is 0 Å². The molecule has 1 fully saturated rings. The topological polar surface area (TPSA) is 50.1 Å². The summed E-state index contributed by atoms with van der Waals surface area (Å²) in [4.78, 5) is 4.76. The summed E-state index contributed by atoms with van der Waals surface area (Å²) in [7, 11) is 0. The Bertz CT molecular complexity index is 1130. The Kier molecular flexibility index (Phi) is 6.12. The first-order chi connectivity index (χ1) is 15.3. The minimum Gasteiger partial charge on any atom is -0.383 e. The van der Waals surface area contributed by atoms with Crippen molar-refractivity contribution in [3.63, 3.8) is 0 Å². The molecule has 0 aliphatic heterocycles. The summed E-state index contributed by atoms with van der Waals surface area (Å²) in [6, 6.07) is 13.5. The monoisotopic (exact) mass is 515 g/mol. The van der Waals surface area contributed by atoms with Gasteiger partial charge in [-0.1, -0.05) is 33.6 Å². The maximum atomic E-state index is 10.8. The van der Waals surface area contributed by atoms with Crippen LogP contribution >= 0.6 is 27.5 Å². The summed E-state index contributed by atoms with van der Waals surface area (Å²) in [5.74, 6) is 1.43. The number of nitrogens with one attached hydrogen (secondary N) is 1. The van der Waals surface area contributed by atoms with E-state index >= 15 is 0 Å². The molecular formula is C26H31BrClN3O. The second-order valence-electron chi connectivity index (χ2n) is 10.1. The van der Waals surface area contributed by atoms with Crippen molar-refractivity contribution in [3.05, 3.63) is 62.8 Å². The molecule has 1 heterocycles. The summed E-state index contributed by atoms with van der Waals surface area (Å²) in [5, 5.41) is 15.3. The van der Waals surface area contributed by atoms with Gasteiger partial charge in [0.1, 0.15) is 11.4 Å². The lowest BCUT2D eigenvalue weighted by Gasteiger charge is -2.33. The van der Waals surface area contributed by atoms with E-state index in [1.54, 1.807) is 0 Å². The molecule has 0 unspecified atom stereocenters. The highest BCUT2D eigenvalue weighted by molar-refractivity contribution is 9.10. The Morgan fingerprint density at radius 3 is 2.59 bits per heavy atom. The van der Waals surface area contributed by atoms with Gasteiger partial charge in [0.15, 0.2) is 0 Å². The summed E-state index contributed by atoms with van der Waals surface area (Å²) >= 11 is 9.80. The van der Waals surface area contributed by atoms with Crippen LogP contribution in [-0.2, 0) is 18.4 Å². The van der Waals surface area contributed by atoms with Crippen LogP contribution in [0, 0.1) is 5.92 Å². The highest BCUT2D eigenvalue weighted by Crippen LogP contribution is 2.37. The normalized spacial score (nSPS) is 23.6. The first-order valence-corrected chi connectivity index (χ1v) is 12.9. The quantitative estimate of drug-likeness (QED) is 0.426. The van der Waals surface area contributed by atoms with E-state index in [9.17, 15) is 5.11 Å². The Hall–Kier alpha value is -1.40. The SMILES string of the molecule is CC(C)(O)c1nc2cc(Cl)ccc2n1[C@H]1CC[C@@H](NC[C@@H]2Cc3ccc(Br)cc3C2)CC1. The number of benzene rings is 2. The van der Waals surface area contributed by atoms with Crippen LogP contribution in [0.25, 0.3) is 11.0 Å². The first kappa shape index (κ1) is 22.4. The van der Waals surface area contributed by atoms with Crippen molar-refractivity contribution in [1.82, 2.24) is 14.9 Å². The van der Waals surface area contributed by atoms with Crippen LogP contribution in [0.15, 0.2) is 40.9 Å². The van der Waals surface area contributed by atoms with E-state index in [0.29, 0.717) is 23.0 Å². The van der Waals surface area contributed by atoms with Gasteiger partial charge >= 0.3 is 0 Å². The Morgan fingerprint density at radius 1 is 1.09 bits per heavy atom. The second kappa shape index (κ2) is 8.75. The highest BCUT2D eigenvalue weighted by atomic mass is 79.9. The van der Waals surface area contributed by atoms with Gasteiger partial charge in [0.05, 0.1) is 11.0 Å². The van der Waals surface area contributed by atoms with Gasteiger partial charge in [-0.15, -0.1) is 0 Å². The molecule has 1 aromatic heterocycles. The predicted molar refractivity (Wildman–Crippen MR) is 134 cm³/mol. The molecule has 5 rings (SSSR count). The number of aliphatic hydroxyl groups is 1. The van der Waals surface area contributed by atoms with Crippen LogP contribution in [0.4, 0.5) is 0 Å². The lowest BCUT2D eigenvalue weighted by Crippen LogP contribution is -2.37. The molecule has 170 valence electrons. The van der Waals surface area contributed by atoms with Gasteiger partial charge in [-0.25, -0.2) is 4.98 Å². The fourth-order valence-corrected chi connectivity index (χ4v) is 6.14. The molecule has 2 N–H and O–H groups in total. The maximum Gasteiger partial charge on any atom is 0.141 e. The Morgan fingerprint density at radius 2 is 1.84 bits per heavy atom. The fourth-order valence-electron chi connectivity index (χ4n) is 5.57. The van der Waals surface area contributed by atoms with E-state index in [0.717, 1.165) is 49.1 Å². The van der Waals surface area contributed by atoms with Gasteiger partial charge in [-0.2, -0.15) is 0 Å². The van der Waals surface area contributed by atoms with E-state index in [-0.39, 0.29) is 0 Å². The molecule has 2 aliphatic rings. The zero-order valence-corrected chi connectivity index (χ0v) is 21.1. The highest BCUT2D eigenvalue weighted by Gasteiger charge is 2.31. The van der Waals surface area contributed by atoms with Crippen molar-refractivity contribution >= 4 is 38.6 Å². The molecule has 2 aromatic carbocycles. The molecule has 0 spiro atoms. The van der Waals surface area contributed by atoms with Gasteiger partial charge < -0.3 is 15.0 Å². The molecule has 2 aliphatic carbocycles. The van der Waals surface area contributed by atoms with Crippen LogP contribution in [0.5, 0.6) is 0 Å². The summed E-state index contributed by atoms with van der Waals surface area (Å²) in [6.45, 7) is 4.72. The zero-order chi connectivity index (χ0) is 22.5. The third-order valence-corrected chi connectivity index (χ3v) is 7.87. The predicted octanol–water partition coefficient (Wildman–Crippen LogP) is 6.17. The fraction of sp³-hybridized carbons (Fsp3) is 0.500. The van der Waals surface area contributed by atoms with Gasteiger partial charge in [0.25, 0.3) is 0 Å². The van der Waals surface area contributed by atoms with E-state index in [1.165, 1.54) is 28.4 Å². The van der Waals surface area contributed by atoms with Crippen LogP contribution in [0.1, 0.15) is 62.5 Å². The van der Waals surface area contributed by atoms with E-state index < -0.39 is 5.60 Å². The third kappa shape index (κ3) is 4.50. The van der Waals surface area contributed by atoms with E-state index in [4.69, 9.17) is 16.6 Å². The van der Waals surface area contributed by atoms with Crippen molar-refractivity contribution in [2.75, 3.05) is 6.54 Å². The molecule has 4 nitrogen and oxygen atoms in total. The molecule has 0 saturated heterocycles. The molecule has 3 aromatic rings. The first-order valence-electron chi connectivity index (χ1n) is 11.7. The number of aromatic nitrogens is 2. The van der Waals surface area contributed by atoms with Crippen LogP contribution in [-0.4, -0.2) is 27.2 Å². The second-order valence-corrected chi connectivity index (χ2v) is 11.5. The number of fused-ring (bicyclic) bond motifs is 2. The number of nitrogens with zero attached hydrogens (tertiary/aromatic N) is 2. The summed E-state index contributed by atoms with van der Waals surface area (Å²) in [5.41, 5.74) is 3.95. The van der Waals surface area contributed by atoms with Gasteiger partial charge in [-0.05, 0) is 106 Å². The molecule has 1 atom stereocenters. The Balaban J connectivity index is 1.23. The van der Waals surface area contributed by atoms with Crippen LogP contribution in [0.2, 0.25) is 5.02 Å². The van der Waals surface area contributed by atoms with Gasteiger partial charge in [0, 0.05) is 21.6 Å². The number of hydrogen-bond donors (Lipinski definition) is 2. The molecule has 0 radical (unpaired) electrons. The molecule has 0 bridgehead atoms. The number of imidazole rings is 1. The number of hydrogen-bond acceptors (Lipinski definition) is 3. The minimum atomic E-state index is -0.993. The smallest absolute Gasteiger partial charge is 0.141 e. The van der Waals surface area contributed by atoms with Crippen LogP contribution in [0.3, 0.4) is 0 Å². The molecule has 1 saturated carbocycles. The lowest BCUT2D eigenvalue weighted by molar-refractivity contribution is 0.0620. The average molecular weight is 517 g/mol. The minimum absolute atomic E-state index is 0.355. The largest absolute Gasteiger partial charge is 0.383 e. The van der Waals surface area contributed by atoms with Crippen molar-refractivity contribution in [2.45, 2.75) is 70.1 Å². The molecule has 0 amide bonds. The van der Waals surface area contributed by atoms with Gasteiger partial charge in [0.2, 0.25) is 0 Å². The molecule has 32 heavy (non-hydrogen) atoms. The third-order valence-electron chi connectivity index (χ3n) is 7.14. The van der Waals surface area contributed by atoms with E-state index in [2.05, 4.69) is 44.0 Å². The van der Waals surface area contributed by atoms with Crippen molar-refractivity contribution in [1.29, 1.82) is 0 Å². The van der Waals surface area contributed by atoms with E-state index in [1.807, 2.05) is 32.0 Å².